The SMILES string of the molecule is CC(=O)NCc1cc(C2CCCN2C(=O)Cn2nc(C)cc2C)ccn1. The molecule has 0 saturated carbocycles. The number of carbonyl (C=O) groups excluding carboxylic acids is 2. The molecule has 0 spiro atoms. The Bertz CT molecular complexity index is 814. The third kappa shape index (κ3) is 4.09. The van der Waals surface area contributed by atoms with Gasteiger partial charge in [-0.3, -0.25) is 19.3 Å². The summed E-state index contributed by atoms with van der Waals surface area (Å²) >= 11 is 0. The summed E-state index contributed by atoms with van der Waals surface area (Å²) in [5.41, 5.74) is 3.79. The average molecular weight is 355 g/mol. The van der Waals surface area contributed by atoms with Crippen LogP contribution >= 0.6 is 0 Å². The lowest BCUT2D eigenvalue weighted by Crippen LogP contribution is -2.34. The number of aromatic nitrogens is 3. The van der Waals surface area contributed by atoms with E-state index in [9.17, 15) is 9.59 Å². The van der Waals surface area contributed by atoms with Gasteiger partial charge in [-0.25, -0.2) is 0 Å². The van der Waals surface area contributed by atoms with Gasteiger partial charge < -0.3 is 10.2 Å². The molecular formula is C19H25N5O2. The zero-order valence-electron chi connectivity index (χ0n) is 15.5. The molecule has 26 heavy (non-hydrogen) atoms. The highest BCUT2D eigenvalue weighted by Crippen LogP contribution is 2.32. The van der Waals surface area contributed by atoms with Gasteiger partial charge in [-0.2, -0.15) is 5.10 Å². The molecule has 0 bridgehead atoms. The van der Waals surface area contributed by atoms with E-state index in [4.69, 9.17) is 0 Å². The fourth-order valence-corrected chi connectivity index (χ4v) is 3.48. The van der Waals surface area contributed by atoms with Crippen molar-refractivity contribution in [3.8, 4) is 0 Å². The lowest BCUT2D eigenvalue weighted by molar-refractivity contribution is -0.133. The van der Waals surface area contributed by atoms with Gasteiger partial charge in [0.25, 0.3) is 0 Å². The first kappa shape index (κ1) is 18.1. The van der Waals surface area contributed by atoms with E-state index in [1.165, 1.54) is 6.92 Å². The maximum Gasteiger partial charge on any atom is 0.244 e. The van der Waals surface area contributed by atoms with Crippen LogP contribution < -0.4 is 5.32 Å². The summed E-state index contributed by atoms with van der Waals surface area (Å²) < 4.78 is 1.77. The van der Waals surface area contributed by atoms with Gasteiger partial charge in [0.05, 0.1) is 24.0 Å². The quantitative estimate of drug-likeness (QED) is 0.888. The van der Waals surface area contributed by atoms with Gasteiger partial charge in [0.2, 0.25) is 11.8 Å². The van der Waals surface area contributed by atoms with Crippen LogP contribution in [0, 0.1) is 13.8 Å². The second-order valence-electron chi connectivity index (χ2n) is 6.82. The minimum absolute atomic E-state index is 0.0542. The van der Waals surface area contributed by atoms with Crippen molar-refractivity contribution in [3.05, 3.63) is 47.0 Å². The molecule has 0 radical (unpaired) electrons. The van der Waals surface area contributed by atoms with Crippen LogP contribution in [0.1, 0.15) is 48.5 Å². The number of hydrogen-bond acceptors (Lipinski definition) is 4. The largest absolute Gasteiger partial charge is 0.351 e. The smallest absolute Gasteiger partial charge is 0.244 e. The summed E-state index contributed by atoms with van der Waals surface area (Å²) in [4.78, 5) is 30.2. The third-order valence-corrected chi connectivity index (χ3v) is 4.71. The van der Waals surface area contributed by atoms with E-state index >= 15 is 0 Å². The molecule has 138 valence electrons. The van der Waals surface area contributed by atoms with Crippen LogP contribution in [-0.2, 0) is 22.7 Å². The molecule has 3 heterocycles. The Morgan fingerprint density at radius 3 is 2.81 bits per heavy atom. The Balaban J connectivity index is 1.73. The van der Waals surface area contributed by atoms with Gasteiger partial charge in [-0.15, -0.1) is 0 Å². The van der Waals surface area contributed by atoms with E-state index in [2.05, 4.69) is 15.4 Å². The molecule has 0 aliphatic carbocycles. The Labute approximate surface area is 153 Å². The molecule has 3 rings (SSSR count). The van der Waals surface area contributed by atoms with E-state index in [1.807, 2.05) is 36.9 Å². The first-order valence-corrected chi connectivity index (χ1v) is 8.94. The molecule has 1 fully saturated rings. The molecule has 2 amide bonds. The zero-order chi connectivity index (χ0) is 18.7. The van der Waals surface area contributed by atoms with E-state index in [1.54, 1.807) is 10.9 Å². The summed E-state index contributed by atoms with van der Waals surface area (Å²) in [7, 11) is 0. The topological polar surface area (TPSA) is 80.1 Å². The highest BCUT2D eigenvalue weighted by Gasteiger charge is 2.30. The third-order valence-electron chi connectivity index (χ3n) is 4.71. The van der Waals surface area contributed by atoms with Crippen molar-refractivity contribution in [3.63, 3.8) is 0 Å². The molecule has 1 saturated heterocycles. The van der Waals surface area contributed by atoms with Crippen LogP contribution in [0.3, 0.4) is 0 Å². The summed E-state index contributed by atoms with van der Waals surface area (Å²) in [5, 5.41) is 7.15. The maximum absolute atomic E-state index is 12.9. The number of aryl methyl sites for hydroxylation is 2. The number of likely N-dealkylation sites (tertiary alicyclic amines) is 1. The Hall–Kier alpha value is -2.70. The van der Waals surface area contributed by atoms with Crippen molar-refractivity contribution in [1.29, 1.82) is 0 Å². The van der Waals surface area contributed by atoms with Crippen LogP contribution in [0.15, 0.2) is 24.4 Å². The van der Waals surface area contributed by atoms with Crippen molar-refractivity contribution in [2.75, 3.05) is 6.54 Å². The highest BCUT2D eigenvalue weighted by molar-refractivity contribution is 5.77. The van der Waals surface area contributed by atoms with Crippen LogP contribution in [0.4, 0.5) is 0 Å². The molecule has 7 nitrogen and oxygen atoms in total. The number of nitrogens with one attached hydrogen (secondary N) is 1. The molecule has 7 heteroatoms. The van der Waals surface area contributed by atoms with Gasteiger partial charge in [0, 0.05) is 25.4 Å². The van der Waals surface area contributed by atoms with Crippen LogP contribution in [0.2, 0.25) is 0 Å². The maximum atomic E-state index is 12.9. The first-order chi connectivity index (χ1) is 12.4. The Morgan fingerprint density at radius 2 is 2.12 bits per heavy atom. The fraction of sp³-hybridized carbons (Fsp3) is 0.474. The predicted octanol–water partition coefficient (Wildman–Crippen LogP) is 1.89. The second kappa shape index (κ2) is 7.68. The molecule has 1 aliphatic heterocycles. The van der Waals surface area contributed by atoms with E-state index < -0.39 is 0 Å². The summed E-state index contributed by atoms with van der Waals surface area (Å²) in [6.07, 6.45) is 3.66. The van der Waals surface area contributed by atoms with Gasteiger partial charge in [0.15, 0.2) is 0 Å². The molecule has 0 aromatic carbocycles. The molecule has 2 aromatic rings. The van der Waals surface area contributed by atoms with Crippen LogP contribution in [0.5, 0.6) is 0 Å². The average Bonchev–Trinajstić information content (AvgIpc) is 3.20. The van der Waals surface area contributed by atoms with Gasteiger partial charge in [0.1, 0.15) is 6.54 Å². The van der Waals surface area contributed by atoms with Crippen molar-refractivity contribution in [2.45, 2.75) is 52.7 Å². The molecular weight excluding hydrogens is 330 g/mol. The molecule has 2 aromatic heterocycles. The fourth-order valence-electron chi connectivity index (χ4n) is 3.48. The summed E-state index contributed by atoms with van der Waals surface area (Å²) in [6.45, 7) is 6.80. The van der Waals surface area contributed by atoms with Gasteiger partial charge in [-0.1, -0.05) is 0 Å². The van der Waals surface area contributed by atoms with Crippen molar-refractivity contribution in [2.24, 2.45) is 0 Å². The first-order valence-electron chi connectivity index (χ1n) is 8.94. The minimum atomic E-state index is -0.0836. The van der Waals surface area contributed by atoms with Crippen LogP contribution in [0.25, 0.3) is 0 Å². The number of carbonyl (C=O) groups is 2. The highest BCUT2D eigenvalue weighted by atomic mass is 16.2. The molecule has 1 unspecified atom stereocenters. The minimum Gasteiger partial charge on any atom is -0.351 e. The molecule has 1 N–H and O–H groups in total. The molecule has 1 aliphatic rings. The second-order valence-corrected chi connectivity index (χ2v) is 6.82. The monoisotopic (exact) mass is 355 g/mol. The van der Waals surface area contributed by atoms with Crippen molar-refractivity contribution in [1.82, 2.24) is 25.0 Å². The van der Waals surface area contributed by atoms with Gasteiger partial charge in [-0.05, 0) is 50.5 Å². The summed E-state index contributed by atoms with van der Waals surface area (Å²) in [6, 6.07) is 5.97. The number of nitrogens with zero attached hydrogens (tertiary/aromatic N) is 4. The van der Waals surface area contributed by atoms with E-state index in [0.29, 0.717) is 6.54 Å². The van der Waals surface area contributed by atoms with Crippen molar-refractivity contribution >= 4 is 11.8 Å². The number of hydrogen-bond donors (Lipinski definition) is 1. The number of pyridine rings is 1. The van der Waals surface area contributed by atoms with E-state index in [0.717, 1.165) is 42.0 Å². The standard InChI is InChI=1S/C19H25N5O2/c1-13-9-14(2)24(22-13)12-19(26)23-8-4-5-18(23)16-6-7-20-17(10-16)11-21-15(3)25/h6-7,9-10,18H,4-5,8,11-12H2,1-3H3,(H,21,25). The Kier molecular flexibility index (Phi) is 5.35. The normalized spacial score (nSPS) is 16.7. The zero-order valence-corrected chi connectivity index (χ0v) is 15.5. The predicted molar refractivity (Wildman–Crippen MR) is 97.1 cm³/mol. The van der Waals surface area contributed by atoms with Gasteiger partial charge >= 0.3 is 0 Å². The summed E-state index contributed by atoms with van der Waals surface area (Å²) in [5.74, 6) is -0.00122. The lowest BCUT2D eigenvalue weighted by Gasteiger charge is -2.25. The molecule has 1 atom stereocenters. The number of amides is 2. The number of rotatable bonds is 5. The van der Waals surface area contributed by atoms with Crippen LogP contribution in [-0.4, -0.2) is 38.0 Å². The Morgan fingerprint density at radius 1 is 1.31 bits per heavy atom. The van der Waals surface area contributed by atoms with Crippen molar-refractivity contribution < 1.29 is 9.59 Å². The van der Waals surface area contributed by atoms with E-state index in [-0.39, 0.29) is 24.4 Å². The lowest BCUT2D eigenvalue weighted by atomic mass is 10.0.